The molecular formula is C49H68Cl2Zr-2. The predicted molar refractivity (Wildman–Crippen MR) is 218 cm³/mol. The Labute approximate surface area is 348 Å². The predicted octanol–water partition coefficient (Wildman–Crippen LogP) is 8.32. The molecule has 0 N–H and O–H groups in total. The van der Waals surface area contributed by atoms with Crippen LogP contribution in [-0.2, 0) is 41.5 Å². The van der Waals surface area contributed by atoms with Gasteiger partial charge in [0.15, 0.2) is 0 Å². The van der Waals surface area contributed by atoms with Gasteiger partial charge in [0.2, 0.25) is 0 Å². The van der Waals surface area contributed by atoms with Crippen LogP contribution in [0.1, 0.15) is 182 Å². The maximum absolute atomic E-state index is 3.85. The second-order valence-corrected chi connectivity index (χ2v) is 21.2. The van der Waals surface area contributed by atoms with Crippen molar-refractivity contribution < 1.29 is 49.0 Å². The first-order chi connectivity index (χ1) is 23.0. The first kappa shape index (κ1) is 46.9. The van der Waals surface area contributed by atoms with Gasteiger partial charge < -0.3 is 24.8 Å². The molecule has 0 heterocycles. The van der Waals surface area contributed by atoms with E-state index in [1.54, 1.807) is 27.4 Å². The third kappa shape index (κ3) is 10.7. The Hall–Kier alpha value is -1.27. The molecule has 284 valence electrons. The number of hydrogen-bond acceptors (Lipinski definition) is 0. The summed E-state index contributed by atoms with van der Waals surface area (Å²) >= 11 is 1.67. The van der Waals surface area contributed by atoms with E-state index >= 15 is 0 Å². The van der Waals surface area contributed by atoms with Crippen LogP contribution in [0.2, 0.25) is 0 Å². The number of rotatable bonds is 6. The molecule has 4 aliphatic rings. The number of fused-ring (bicyclic) bond motifs is 5. The van der Waals surface area contributed by atoms with Crippen LogP contribution < -0.4 is 24.8 Å². The zero-order valence-electron chi connectivity index (χ0n) is 35.5. The van der Waals surface area contributed by atoms with Crippen LogP contribution in [0.15, 0.2) is 48.1 Å². The summed E-state index contributed by atoms with van der Waals surface area (Å²) in [5, 5.41) is 0. The Morgan fingerprint density at radius 1 is 0.692 bits per heavy atom. The molecule has 3 heteroatoms. The van der Waals surface area contributed by atoms with E-state index in [2.05, 4.69) is 159 Å². The van der Waals surface area contributed by atoms with Gasteiger partial charge in [-0.3, -0.25) is 12.2 Å². The molecule has 2 aromatic rings. The summed E-state index contributed by atoms with van der Waals surface area (Å²) in [5.74, 6) is 0. The van der Waals surface area contributed by atoms with Gasteiger partial charge >= 0.3 is 79.8 Å². The second kappa shape index (κ2) is 17.7. The Bertz CT molecular complexity index is 1610. The van der Waals surface area contributed by atoms with Gasteiger partial charge in [-0.1, -0.05) is 119 Å². The van der Waals surface area contributed by atoms with Gasteiger partial charge in [-0.2, -0.15) is 17.2 Å². The molecule has 2 aromatic carbocycles. The van der Waals surface area contributed by atoms with Gasteiger partial charge in [0, 0.05) is 5.41 Å². The maximum atomic E-state index is 3.85. The number of benzene rings is 2. The van der Waals surface area contributed by atoms with Crippen LogP contribution in [0.5, 0.6) is 0 Å². The molecule has 6 rings (SSSR count). The molecule has 0 unspecified atom stereocenters. The van der Waals surface area contributed by atoms with Gasteiger partial charge in [0.1, 0.15) is 0 Å². The number of halogens is 2. The van der Waals surface area contributed by atoms with E-state index in [0.717, 1.165) is 12.8 Å². The summed E-state index contributed by atoms with van der Waals surface area (Å²) in [6.45, 7) is 34.6. The molecule has 0 atom stereocenters. The van der Waals surface area contributed by atoms with E-state index in [1.807, 2.05) is 0 Å². The molecule has 0 bridgehead atoms. The molecule has 0 saturated heterocycles. The average molecular weight is 819 g/mol. The quantitative estimate of drug-likeness (QED) is 0.220. The molecule has 4 aliphatic carbocycles. The van der Waals surface area contributed by atoms with Crippen molar-refractivity contribution in [2.24, 2.45) is 16.2 Å². The fourth-order valence-electron chi connectivity index (χ4n) is 7.77. The summed E-state index contributed by atoms with van der Waals surface area (Å²) < 4.78 is 1.79. The van der Waals surface area contributed by atoms with Crippen molar-refractivity contribution in [2.45, 2.75) is 166 Å². The molecule has 0 aliphatic heterocycles. The van der Waals surface area contributed by atoms with Crippen LogP contribution in [0, 0.1) is 28.4 Å². The fourth-order valence-corrected chi connectivity index (χ4v) is 8.64. The average Bonchev–Trinajstić information content (AvgIpc) is 3.77. The Kier molecular flexibility index (Phi) is 15.9. The van der Waals surface area contributed by atoms with Crippen molar-refractivity contribution >= 4 is 14.4 Å². The monoisotopic (exact) mass is 816 g/mol. The Morgan fingerprint density at radius 3 is 1.63 bits per heavy atom. The van der Waals surface area contributed by atoms with Crippen molar-refractivity contribution in [3.8, 4) is 11.1 Å². The fraction of sp³-hybridized carbons (Fsp3) is 0.571. The van der Waals surface area contributed by atoms with Crippen molar-refractivity contribution in [2.75, 3.05) is 0 Å². The standard InChI is InChI=1S/C31H37.C9H13.C9H18.2ClH.Zr/c1-28(2,3)26-16-30(7,8)24-12-18-11-19-13-25-23(15-21(19)20(18)14-22(24)26)27(29(4,5)6)17-31(25,9)10;1-9(2,3)8-6-4-5-7-8;1-3-5-7-9-8-6-4-2;;;/h12-16H,11H2,1-10H3;6-7H,4H2,1-3H3;3-8H2,1-2H3;2*1H;/q2*-1;;;;+2/p-2. The van der Waals surface area contributed by atoms with Crippen LogP contribution in [0.4, 0.5) is 0 Å². The van der Waals surface area contributed by atoms with Crippen LogP contribution in [0.3, 0.4) is 0 Å². The summed E-state index contributed by atoms with van der Waals surface area (Å²) in [7, 11) is 0. The second-order valence-electron chi connectivity index (χ2n) is 19.5. The zero-order valence-corrected chi connectivity index (χ0v) is 39.4. The van der Waals surface area contributed by atoms with Crippen molar-refractivity contribution in [1.82, 2.24) is 0 Å². The first-order valence-corrected chi connectivity index (χ1v) is 20.8. The van der Waals surface area contributed by atoms with E-state index in [-0.39, 0.29) is 46.5 Å². The van der Waals surface area contributed by atoms with Gasteiger partial charge in [0.25, 0.3) is 0 Å². The van der Waals surface area contributed by atoms with Gasteiger partial charge in [-0.15, -0.1) is 18.1 Å². The number of allylic oxidation sites excluding steroid dienone is 8. The minimum atomic E-state index is -0.0202. The Morgan fingerprint density at radius 2 is 1.21 bits per heavy atom. The largest absolute Gasteiger partial charge is 1.00 e. The Balaban J connectivity index is 0.000000369. The minimum Gasteiger partial charge on any atom is -1.00 e. The molecule has 0 saturated carbocycles. The summed E-state index contributed by atoms with van der Waals surface area (Å²) in [6, 6.07) is 10.0. The summed E-state index contributed by atoms with van der Waals surface area (Å²) in [6.07, 6.45) is 24.2. The number of hydrogen-bond donors (Lipinski definition) is 0. The zero-order chi connectivity index (χ0) is 37.4. The molecule has 0 radical (unpaired) electrons. The van der Waals surface area contributed by atoms with E-state index in [0.29, 0.717) is 5.41 Å². The third-order valence-electron chi connectivity index (χ3n) is 10.8. The van der Waals surface area contributed by atoms with Crippen molar-refractivity contribution in [3.63, 3.8) is 0 Å². The molecule has 52 heavy (non-hydrogen) atoms. The third-order valence-corrected chi connectivity index (χ3v) is 12.0. The molecule has 0 amide bonds. The topological polar surface area (TPSA) is 0 Å². The van der Waals surface area contributed by atoms with Crippen molar-refractivity contribution in [1.29, 1.82) is 0 Å². The van der Waals surface area contributed by atoms with E-state index < -0.39 is 0 Å². The smallest absolute Gasteiger partial charge is 1.00 e. The number of unbranched alkanes of at least 4 members (excludes halogenated alkanes) is 2. The SMILES string of the molecule is CC(C)(C)C1=CC[C-]=C1.CC(C)(C)C1=[C-]C(C)(C)c2cc3c(cc21)-c1cc2c(cc1C3)C(C)(C)C=C2C(C)(C)C.CCCC[C](=[Zr+2])CCCC.[Cl-].[Cl-]. The maximum Gasteiger partial charge on any atom is -1.00 e. The van der Waals surface area contributed by atoms with Crippen LogP contribution in [-0.4, -0.2) is 3.21 Å². The van der Waals surface area contributed by atoms with E-state index in [1.165, 1.54) is 99.8 Å². The van der Waals surface area contributed by atoms with Crippen LogP contribution in [0.25, 0.3) is 22.3 Å². The summed E-state index contributed by atoms with van der Waals surface area (Å²) in [4.78, 5) is 0. The van der Waals surface area contributed by atoms with Crippen molar-refractivity contribution in [3.05, 3.63) is 93.6 Å². The summed E-state index contributed by atoms with van der Waals surface area (Å²) in [5.41, 5.74) is 16.6. The molecular weight excluding hydrogens is 751 g/mol. The van der Waals surface area contributed by atoms with E-state index in [9.17, 15) is 0 Å². The van der Waals surface area contributed by atoms with Gasteiger partial charge in [0.05, 0.1) is 0 Å². The molecule has 0 fully saturated rings. The molecule has 0 spiro atoms. The van der Waals surface area contributed by atoms with Crippen LogP contribution >= 0.6 is 0 Å². The van der Waals surface area contributed by atoms with Gasteiger partial charge in [-0.25, -0.2) is 11.6 Å². The van der Waals surface area contributed by atoms with E-state index in [4.69, 9.17) is 0 Å². The minimum absolute atomic E-state index is 0. The normalized spacial score (nSPS) is 17.1. The van der Waals surface area contributed by atoms with Gasteiger partial charge in [-0.05, 0) is 62.3 Å². The molecule has 0 aromatic heterocycles. The molecule has 0 nitrogen and oxygen atoms in total. The first-order valence-electron chi connectivity index (χ1n) is 19.6.